The Labute approximate surface area is 108 Å². The van der Waals surface area contributed by atoms with Crippen LogP contribution in [0.1, 0.15) is 6.42 Å². The molecule has 18 heavy (non-hydrogen) atoms. The zero-order chi connectivity index (χ0) is 13.0. The highest BCUT2D eigenvalue weighted by Gasteiger charge is 2.10. The van der Waals surface area contributed by atoms with Crippen molar-refractivity contribution in [2.75, 3.05) is 13.7 Å². The molecule has 96 valence electrons. The molecule has 0 saturated heterocycles. The van der Waals surface area contributed by atoms with E-state index in [0.29, 0.717) is 18.7 Å². The molecule has 7 heteroatoms. The van der Waals surface area contributed by atoms with Crippen LogP contribution in [0, 0.1) is 4.84 Å². The molecular weight excluding hydrogens is 254 g/mol. The molecule has 2 heterocycles. The van der Waals surface area contributed by atoms with E-state index in [-0.39, 0.29) is 16.3 Å². The van der Waals surface area contributed by atoms with Crippen molar-refractivity contribution in [3.63, 3.8) is 0 Å². The van der Waals surface area contributed by atoms with Gasteiger partial charge in [0.2, 0.25) is 0 Å². The van der Waals surface area contributed by atoms with Crippen molar-refractivity contribution in [1.82, 2.24) is 14.8 Å². The predicted octanol–water partition coefficient (Wildman–Crippen LogP) is 1.60. The maximum absolute atomic E-state index is 12.1. The van der Waals surface area contributed by atoms with Crippen molar-refractivity contribution in [3.8, 4) is 11.5 Å². The standard InChI is InChI=1S/C11H13N3O3S/c1-16-7-3-6-14-5-2-4-8(10(14)15)9-12-13-11(18)17-9/h2,4-5H,3,6-7H2,1H3,(H,13,18). The first-order valence-corrected chi connectivity index (χ1v) is 5.87. The minimum Gasteiger partial charge on any atom is -0.409 e. The van der Waals surface area contributed by atoms with Gasteiger partial charge in [-0.1, -0.05) is 0 Å². The van der Waals surface area contributed by atoms with E-state index in [0.717, 1.165) is 6.42 Å². The van der Waals surface area contributed by atoms with E-state index in [2.05, 4.69) is 10.2 Å². The first kappa shape index (κ1) is 12.7. The normalized spacial score (nSPS) is 10.7. The second kappa shape index (κ2) is 5.74. The van der Waals surface area contributed by atoms with Crippen LogP contribution < -0.4 is 5.56 Å². The molecule has 0 fully saturated rings. The number of methoxy groups -OCH3 is 1. The van der Waals surface area contributed by atoms with Gasteiger partial charge in [0.05, 0.1) is 0 Å². The second-order valence-electron chi connectivity index (χ2n) is 3.69. The van der Waals surface area contributed by atoms with Crippen molar-refractivity contribution in [2.24, 2.45) is 0 Å². The first-order valence-electron chi connectivity index (χ1n) is 5.46. The average Bonchev–Trinajstić information content (AvgIpc) is 2.78. The molecule has 0 saturated carbocycles. The van der Waals surface area contributed by atoms with Crippen molar-refractivity contribution < 1.29 is 9.15 Å². The molecule has 6 nitrogen and oxygen atoms in total. The Morgan fingerprint density at radius 1 is 1.61 bits per heavy atom. The Kier molecular flexibility index (Phi) is 4.06. The summed E-state index contributed by atoms with van der Waals surface area (Å²) in [6.45, 7) is 1.20. The smallest absolute Gasteiger partial charge is 0.284 e. The van der Waals surface area contributed by atoms with E-state index in [1.54, 1.807) is 30.0 Å². The molecular formula is C11H13N3O3S. The van der Waals surface area contributed by atoms with Gasteiger partial charge in [0.25, 0.3) is 16.3 Å². The predicted molar refractivity (Wildman–Crippen MR) is 67.9 cm³/mol. The minimum atomic E-state index is -0.154. The quantitative estimate of drug-likeness (QED) is 0.658. The molecule has 0 amide bonds. The summed E-state index contributed by atoms with van der Waals surface area (Å²) in [4.78, 5) is 12.3. The highest BCUT2D eigenvalue weighted by atomic mass is 32.1. The Bertz CT molecular complexity index is 629. The number of aromatic amines is 1. The highest BCUT2D eigenvalue weighted by molar-refractivity contribution is 7.71. The van der Waals surface area contributed by atoms with E-state index in [1.807, 2.05) is 0 Å². The lowest BCUT2D eigenvalue weighted by atomic mass is 10.2. The molecule has 0 bridgehead atoms. The average molecular weight is 267 g/mol. The van der Waals surface area contributed by atoms with E-state index in [9.17, 15) is 4.79 Å². The molecule has 2 aromatic rings. The van der Waals surface area contributed by atoms with Gasteiger partial charge in [0.1, 0.15) is 5.56 Å². The first-order chi connectivity index (χ1) is 8.72. The fraction of sp³-hybridized carbons (Fsp3) is 0.364. The summed E-state index contributed by atoms with van der Waals surface area (Å²) in [6.07, 6.45) is 2.49. The van der Waals surface area contributed by atoms with Crippen LogP contribution in [0.4, 0.5) is 0 Å². The van der Waals surface area contributed by atoms with Gasteiger partial charge < -0.3 is 13.7 Å². The van der Waals surface area contributed by atoms with E-state index in [4.69, 9.17) is 21.4 Å². The van der Waals surface area contributed by atoms with Gasteiger partial charge >= 0.3 is 0 Å². The van der Waals surface area contributed by atoms with E-state index in [1.165, 1.54) is 0 Å². The molecule has 0 aliphatic rings. The van der Waals surface area contributed by atoms with Crippen molar-refractivity contribution in [3.05, 3.63) is 33.5 Å². The lowest BCUT2D eigenvalue weighted by Gasteiger charge is -2.05. The Morgan fingerprint density at radius 2 is 2.44 bits per heavy atom. The largest absolute Gasteiger partial charge is 0.409 e. The summed E-state index contributed by atoms with van der Waals surface area (Å²) in [5, 5.41) is 6.35. The van der Waals surface area contributed by atoms with E-state index < -0.39 is 0 Å². The van der Waals surface area contributed by atoms with Crippen LogP contribution in [-0.4, -0.2) is 28.5 Å². The summed E-state index contributed by atoms with van der Waals surface area (Å²) < 4.78 is 11.7. The van der Waals surface area contributed by atoms with Crippen LogP contribution in [0.3, 0.4) is 0 Å². The Hall–Kier alpha value is -1.73. The van der Waals surface area contributed by atoms with Crippen molar-refractivity contribution in [1.29, 1.82) is 0 Å². The summed E-state index contributed by atoms with van der Waals surface area (Å²) in [7, 11) is 1.63. The van der Waals surface area contributed by atoms with Gasteiger partial charge in [-0.25, -0.2) is 5.10 Å². The molecule has 0 spiro atoms. The molecule has 2 aromatic heterocycles. The number of pyridine rings is 1. The number of hydrogen-bond acceptors (Lipinski definition) is 5. The van der Waals surface area contributed by atoms with Crippen LogP contribution in [0.25, 0.3) is 11.5 Å². The SMILES string of the molecule is COCCCn1cccc(-c2n[nH]c(=S)o2)c1=O. The highest BCUT2D eigenvalue weighted by Crippen LogP contribution is 2.11. The Morgan fingerprint density at radius 3 is 3.11 bits per heavy atom. The number of rotatable bonds is 5. The van der Waals surface area contributed by atoms with E-state index >= 15 is 0 Å². The maximum Gasteiger partial charge on any atom is 0.284 e. The molecule has 0 aliphatic carbocycles. The van der Waals surface area contributed by atoms with Crippen LogP contribution in [0.2, 0.25) is 0 Å². The van der Waals surface area contributed by atoms with Gasteiger partial charge in [-0.3, -0.25) is 4.79 Å². The summed E-state index contributed by atoms with van der Waals surface area (Å²) >= 11 is 4.78. The minimum absolute atomic E-state index is 0.152. The topological polar surface area (TPSA) is 73.1 Å². The van der Waals surface area contributed by atoms with Crippen molar-refractivity contribution >= 4 is 12.2 Å². The zero-order valence-electron chi connectivity index (χ0n) is 9.88. The monoisotopic (exact) mass is 267 g/mol. The lowest BCUT2D eigenvalue weighted by molar-refractivity contribution is 0.190. The molecule has 1 N–H and O–H groups in total. The number of nitrogens with zero attached hydrogens (tertiary/aromatic N) is 2. The van der Waals surface area contributed by atoms with Crippen LogP contribution in [0.5, 0.6) is 0 Å². The zero-order valence-corrected chi connectivity index (χ0v) is 10.7. The van der Waals surface area contributed by atoms with Crippen LogP contribution in [-0.2, 0) is 11.3 Å². The van der Waals surface area contributed by atoms with Gasteiger partial charge in [-0.2, -0.15) is 0 Å². The molecule has 0 radical (unpaired) electrons. The molecule has 0 aromatic carbocycles. The lowest BCUT2D eigenvalue weighted by Crippen LogP contribution is -2.21. The fourth-order valence-electron chi connectivity index (χ4n) is 1.60. The van der Waals surface area contributed by atoms with Crippen molar-refractivity contribution in [2.45, 2.75) is 13.0 Å². The number of ether oxygens (including phenoxy) is 1. The third-order valence-corrected chi connectivity index (χ3v) is 2.61. The molecule has 0 unspecified atom stereocenters. The maximum atomic E-state index is 12.1. The fourth-order valence-corrected chi connectivity index (χ4v) is 1.72. The van der Waals surface area contributed by atoms with Gasteiger partial charge in [-0.05, 0) is 30.8 Å². The Balaban J connectivity index is 2.30. The van der Waals surface area contributed by atoms with Gasteiger partial charge in [0.15, 0.2) is 0 Å². The second-order valence-corrected chi connectivity index (χ2v) is 4.06. The molecule has 0 atom stereocenters. The van der Waals surface area contributed by atoms with Gasteiger partial charge in [0, 0.05) is 26.5 Å². The number of aryl methyl sites for hydroxylation is 1. The number of H-pyrrole nitrogens is 1. The molecule has 2 rings (SSSR count). The summed E-state index contributed by atoms with van der Waals surface area (Å²) in [5.74, 6) is 0.214. The summed E-state index contributed by atoms with van der Waals surface area (Å²) in [5.41, 5.74) is 0.237. The summed E-state index contributed by atoms with van der Waals surface area (Å²) in [6, 6.07) is 3.43. The van der Waals surface area contributed by atoms with Gasteiger partial charge in [-0.15, -0.1) is 5.10 Å². The number of nitrogens with one attached hydrogen (secondary N) is 1. The third-order valence-electron chi connectivity index (χ3n) is 2.44. The third kappa shape index (κ3) is 2.74. The molecule has 0 aliphatic heterocycles. The van der Waals surface area contributed by atoms with Crippen LogP contribution >= 0.6 is 12.2 Å². The number of aromatic nitrogens is 3. The van der Waals surface area contributed by atoms with Crippen LogP contribution in [0.15, 0.2) is 27.5 Å². The number of hydrogen-bond donors (Lipinski definition) is 1.